The number of carbonyl (C=O) groups excluding carboxylic acids is 1. The number of benzene rings is 3. The van der Waals surface area contributed by atoms with Gasteiger partial charge in [0.1, 0.15) is 17.1 Å². The summed E-state index contributed by atoms with van der Waals surface area (Å²) >= 11 is 0. The van der Waals surface area contributed by atoms with Crippen molar-refractivity contribution in [1.29, 1.82) is 0 Å². The number of hydrogen-bond donors (Lipinski definition) is 1. The molecule has 2 aromatic heterocycles. The minimum absolute atomic E-state index is 0.0177. The molecule has 9 nitrogen and oxygen atoms in total. The van der Waals surface area contributed by atoms with Crippen LogP contribution in [0.25, 0.3) is 16.6 Å². The summed E-state index contributed by atoms with van der Waals surface area (Å²) in [6.45, 7) is 3.43. The van der Waals surface area contributed by atoms with Gasteiger partial charge in [-0.1, -0.05) is 18.2 Å². The molecule has 0 radical (unpaired) electrons. The molecular weight excluding hydrogens is 599 g/mol. The summed E-state index contributed by atoms with van der Waals surface area (Å²) in [6, 6.07) is 18.9. The number of methoxy groups -OCH3 is 1. The van der Waals surface area contributed by atoms with Crippen molar-refractivity contribution < 1.29 is 23.4 Å². The zero-order valence-electron chi connectivity index (χ0n) is 26.7. The highest BCUT2D eigenvalue weighted by atomic mass is 19.1. The second-order valence-corrected chi connectivity index (χ2v) is 12.7. The van der Waals surface area contributed by atoms with Crippen molar-refractivity contribution in [2.45, 2.75) is 39.0 Å². The standard InChI is InChI=1S/C37H37FN4O5/c1-23-34(36(44)42(41(23)2)27-7-5-4-6-8-27)35(43)40-26-9-10-32(29(38)19-26)47-31-12-15-39-30-18-25(33(45-3)20-28(30)31)17-24-11-13-37(21-24)14-16-46-22-37/h4-10,12,15,18-20,24H,11,13-14,16-17,21-22H2,1-3H3,(H,40,43). The van der Waals surface area contributed by atoms with Crippen LogP contribution in [0, 0.1) is 24.1 Å². The molecule has 1 amide bonds. The number of nitrogens with one attached hydrogen (secondary N) is 1. The molecule has 7 rings (SSSR count). The fourth-order valence-electron chi connectivity index (χ4n) is 7.25. The number of fused-ring (bicyclic) bond motifs is 1. The number of hydrogen-bond acceptors (Lipinski definition) is 6. The molecule has 5 aromatic rings. The van der Waals surface area contributed by atoms with E-state index in [1.807, 2.05) is 30.3 Å². The molecule has 3 aromatic carbocycles. The monoisotopic (exact) mass is 636 g/mol. The number of nitrogens with zero attached hydrogens (tertiary/aromatic N) is 3. The highest BCUT2D eigenvalue weighted by Gasteiger charge is 2.42. The number of rotatable bonds is 8. The molecular formula is C37H37FN4O5. The van der Waals surface area contributed by atoms with Crippen molar-refractivity contribution >= 4 is 22.5 Å². The first kappa shape index (κ1) is 30.7. The van der Waals surface area contributed by atoms with Gasteiger partial charge in [-0.3, -0.25) is 19.3 Å². The molecule has 1 saturated heterocycles. The number of halogens is 1. The van der Waals surface area contributed by atoms with Gasteiger partial charge in [0.05, 0.1) is 30.6 Å². The molecule has 10 heteroatoms. The van der Waals surface area contributed by atoms with E-state index in [0.29, 0.717) is 33.8 Å². The maximum atomic E-state index is 15.4. The van der Waals surface area contributed by atoms with Gasteiger partial charge in [-0.15, -0.1) is 0 Å². The molecule has 47 heavy (non-hydrogen) atoms. The van der Waals surface area contributed by atoms with E-state index in [1.54, 1.807) is 50.2 Å². The van der Waals surface area contributed by atoms with Crippen LogP contribution in [0.1, 0.15) is 47.3 Å². The van der Waals surface area contributed by atoms with Crippen LogP contribution in [-0.4, -0.2) is 40.6 Å². The minimum Gasteiger partial charge on any atom is -0.496 e. The number of ether oxygens (including phenoxy) is 3. The molecule has 1 spiro atoms. The van der Waals surface area contributed by atoms with Gasteiger partial charge in [-0.2, -0.15) is 0 Å². The molecule has 1 N–H and O–H groups in total. The van der Waals surface area contributed by atoms with Crippen molar-refractivity contribution in [3.05, 3.63) is 106 Å². The van der Waals surface area contributed by atoms with E-state index in [2.05, 4.69) is 10.3 Å². The summed E-state index contributed by atoms with van der Waals surface area (Å²) in [6.07, 6.45) is 7.23. The average molecular weight is 637 g/mol. The first-order valence-electron chi connectivity index (χ1n) is 15.9. The van der Waals surface area contributed by atoms with Crippen molar-refractivity contribution in [1.82, 2.24) is 14.3 Å². The van der Waals surface area contributed by atoms with Crippen LogP contribution in [0.3, 0.4) is 0 Å². The van der Waals surface area contributed by atoms with Gasteiger partial charge < -0.3 is 19.5 Å². The van der Waals surface area contributed by atoms with E-state index >= 15 is 4.39 Å². The zero-order valence-corrected chi connectivity index (χ0v) is 26.7. The molecule has 3 heterocycles. The highest BCUT2D eigenvalue weighted by Crippen LogP contribution is 2.49. The van der Waals surface area contributed by atoms with E-state index in [4.69, 9.17) is 14.2 Å². The molecule has 2 fully saturated rings. The van der Waals surface area contributed by atoms with Gasteiger partial charge in [-0.05, 0) is 98.4 Å². The van der Waals surface area contributed by atoms with Gasteiger partial charge in [0.25, 0.3) is 11.5 Å². The molecule has 1 aliphatic carbocycles. The molecule has 0 bridgehead atoms. The fraction of sp³-hybridized carbons (Fsp3) is 0.324. The van der Waals surface area contributed by atoms with Crippen molar-refractivity contribution in [2.75, 3.05) is 25.6 Å². The molecule has 2 atom stereocenters. The number of carbonyl (C=O) groups is 1. The van der Waals surface area contributed by atoms with Crippen LogP contribution >= 0.6 is 0 Å². The number of amides is 1. The Labute approximate surface area is 271 Å². The number of para-hydroxylation sites is 1. The maximum absolute atomic E-state index is 15.4. The normalized spacial score (nSPS) is 19.0. The van der Waals surface area contributed by atoms with Gasteiger partial charge in [0.2, 0.25) is 0 Å². The summed E-state index contributed by atoms with van der Waals surface area (Å²) in [4.78, 5) is 31.1. The Kier molecular flexibility index (Phi) is 8.05. The Morgan fingerprint density at radius 2 is 1.91 bits per heavy atom. The van der Waals surface area contributed by atoms with Gasteiger partial charge >= 0.3 is 0 Å². The van der Waals surface area contributed by atoms with Gasteiger partial charge in [0, 0.05) is 37.0 Å². The van der Waals surface area contributed by atoms with Crippen LogP contribution in [0.15, 0.2) is 77.7 Å². The maximum Gasteiger partial charge on any atom is 0.284 e. The van der Waals surface area contributed by atoms with Crippen LogP contribution < -0.4 is 20.3 Å². The Morgan fingerprint density at radius 3 is 2.66 bits per heavy atom. The third kappa shape index (κ3) is 5.78. The van der Waals surface area contributed by atoms with Crippen LogP contribution in [0.4, 0.5) is 10.1 Å². The Hall–Kier alpha value is -4.96. The lowest BCUT2D eigenvalue weighted by Crippen LogP contribution is -2.25. The van der Waals surface area contributed by atoms with E-state index < -0.39 is 17.3 Å². The quantitative estimate of drug-likeness (QED) is 0.198. The number of aromatic nitrogens is 3. The lowest BCUT2D eigenvalue weighted by Gasteiger charge is -2.21. The van der Waals surface area contributed by atoms with Crippen LogP contribution in [0.5, 0.6) is 17.2 Å². The second-order valence-electron chi connectivity index (χ2n) is 12.7. The minimum atomic E-state index is -0.672. The van der Waals surface area contributed by atoms with Crippen molar-refractivity contribution in [2.24, 2.45) is 18.4 Å². The highest BCUT2D eigenvalue weighted by molar-refractivity contribution is 6.05. The van der Waals surface area contributed by atoms with E-state index in [0.717, 1.165) is 49.3 Å². The molecule has 1 aliphatic heterocycles. The molecule has 2 aliphatic rings. The lowest BCUT2D eigenvalue weighted by molar-refractivity contribution is 0.102. The van der Waals surface area contributed by atoms with E-state index in [9.17, 15) is 9.59 Å². The summed E-state index contributed by atoms with van der Waals surface area (Å²) < 4.78 is 36.0. The van der Waals surface area contributed by atoms with E-state index in [-0.39, 0.29) is 17.0 Å². The lowest BCUT2D eigenvalue weighted by atomic mass is 9.84. The second kappa shape index (κ2) is 12.3. The predicted molar refractivity (Wildman–Crippen MR) is 177 cm³/mol. The van der Waals surface area contributed by atoms with Crippen LogP contribution in [-0.2, 0) is 18.2 Å². The van der Waals surface area contributed by atoms with Gasteiger partial charge in [-0.25, -0.2) is 9.07 Å². The van der Waals surface area contributed by atoms with Crippen molar-refractivity contribution in [3.8, 4) is 22.9 Å². The molecule has 1 saturated carbocycles. The topological polar surface area (TPSA) is 96.6 Å². The largest absolute Gasteiger partial charge is 0.496 e. The SMILES string of the molecule is COc1cc2c(Oc3ccc(NC(=O)c4c(C)n(C)n(-c5ccccc5)c4=O)cc3F)ccnc2cc1CC1CCC2(CCOC2)C1. The Bertz CT molecular complexity index is 2030. The molecule has 242 valence electrons. The predicted octanol–water partition coefficient (Wildman–Crippen LogP) is 6.97. The summed E-state index contributed by atoms with van der Waals surface area (Å²) in [5.41, 5.74) is 2.99. The fourth-order valence-corrected chi connectivity index (χ4v) is 7.25. The van der Waals surface area contributed by atoms with E-state index in [1.165, 1.54) is 35.7 Å². The zero-order chi connectivity index (χ0) is 32.7. The third-order valence-electron chi connectivity index (χ3n) is 9.79. The first-order chi connectivity index (χ1) is 22.7. The summed E-state index contributed by atoms with van der Waals surface area (Å²) in [5.74, 6) is 0.425. The average Bonchev–Trinajstić information content (AvgIpc) is 3.76. The molecule has 2 unspecified atom stereocenters. The van der Waals surface area contributed by atoms with Crippen LogP contribution in [0.2, 0.25) is 0 Å². The Morgan fingerprint density at radius 1 is 1.09 bits per heavy atom. The van der Waals surface area contributed by atoms with Crippen molar-refractivity contribution in [3.63, 3.8) is 0 Å². The number of pyridine rings is 1. The summed E-state index contributed by atoms with van der Waals surface area (Å²) in [5, 5.41) is 3.37. The third-order valence-corrected chi connectivity index (χ3v) is 9.79. The number of anilines is 1. The van der Waals surface area contributed by atoms with Gasteiger partial charge in [0.15, 0.2) is 11.6 Å². The summed E-state index contributed by atoms with van der Waals surface area (Å²) in [7, 11) is 3.37. The first-order valence-corrected chi connectivity index (χ1v) is 15.9. The Balaban J connectivity index is 1.09. The smallest absolute Gasteiger partial charge is 0.284 e.